The molecule has 0 aliphatic carbocycles. The largest absolute Gasteiger partial charge is 0.504 e. The first-order valence-electron chi connectivity index (χ1n) is 9.11. The molecule has 2 aromatic carbocycles. The monoisotopic (exact) mass is 444 g/mol. The molecule has 0 amide bonds. The molecular weight excluding hydrogens is 424 g/mol. The topological polar surface area (TPSA) is 171 Å². The third-order valence-electron chi connectivity index (χ3n) is 4.04. The molecule has 10 nitrogen and oxygen atoms in total. The molecule has 0 saturated carbocycles. The minimum Gasteiger partial charge on any atom is -0.504 e. The van der Waals surface area contributed by atoms with Crippen LogP contribution in [0.1, 0.15) is 18.1 Å². The molecule has 0 aliphatic heterocycles. The lowest BCUT2D eigenvalue weighted by atomic mass is 10.2. The van der Waals surface area contributed by atoms with Crippen LogP contribution in [0.4, 0.5) is 0 Å². The van der Waals surface area contributed by atoms with Gasteiger partial charge in [-0.1, -0.05) is 12.1 Å². The second-order valence-corrected chi connectivity index (χ2v) is 6.50. The Morgan fingerprint density at radius 3 is 1.59 bits per heavy atom. The van der Waals surface area contributed by atoms with Gasteiger partial charge in [-0.3, -0.25) is 0 Å². The Balaban J connectivity index is 1.98. The fraction of sp³-hybridized carbons (Fsp3) is 0.136. The van der Waals surface area contributed by atoms with Crippen LogP contribution in [-0.2, 0) is 23.9 Å². The standard InChI is InChI=1S/C22H20O10/c1-12(31-19(27)8-4-13-2-6-15(23)17(25)10-13)21(22(29)30)32-20(28)9-5-14-3-7-16(24)18(26)11-14/h2-12,21,23-26H,1H3,(H,29,30)/b8-4+,9-5+/t12-,21+/m0/s1. The molecule has 0 unspecified atom stereocenters. The van der Waals surface area contributed by atoms with Gasteiger partial charge in [-0.05, 0) is 54.5 Å². The summed E-state index contributed by atoms with van der Waals surface area (Å²) < 4.78 is 9.80. The molecule has 2 atom stereocenters. The summed E-state index contributed by atoms with van der Waals surface area (Å²) in [6, 6.07) is 7.62. The van der Waals surface area contributed by atoms with Gasteiger partial charge >= 0.3 is 17.9 Å². The first-order valence-corrected chi connectivity index (χ1v) is 9.11. The molecule has 5 N–H and O–H groups in total. The summed E-state index contributed by atoms with van der Waals surface area (Å²) >= 11 is 0. The predicted molar refractivity (Wildman–Crippen MR) is 111 cm³/mol. The van der Waals surface area contributed by atoms with Crippen molar-refractivity contribution in [2.75, 3.05) is 0 Å². The molecular formula is C22H20O10. The van der Waals surface area contributed by atoms with E-state index in [1.807, 2.05) is 0 Å². The maximum atomic E-state index is 12.0. The molecule has 168 valence electrons. The smallest absolute Gasteiger partial charge is 0.348 e. The van der Waals surface area contributed by atoms with E-state index in [1.54, 1.807) is 0 Å². The predicted octanol–water partition coefficient (Wildman–Crippen LogP) is 2.16. The molecule has 32 heavy (non-hydrogen) atoms. The van der Waals surface area contributed by atoms with Gasteiger partial charge in [0.1, 0.15) is 6.10 Å². The highest BCUT2D eigenvalue weighted by Crippen LogP contribution is 2.26. The Hall–Kier alpha value is -4.47. The molecule has 0 aromatic heterocycles. The summed E-state index contributed by atoms with van der Waals surface area (Å²) in [5.41, 5.74) is 0.713. The summed E-state index contributed by atoms with van der Waals surface area (Å²) in [4.78, 5) is 35.3. The lowest BCUT2D eigenvalue weighted by Crippen LogP contribution is -2.38. The van der Waals surface area contributed by atoms with Crippen molar-refractivity contribution >= 4 is 30.1 Å². The molecule has 0 spiro atoms. The molecule has 0 aliphatic rings. The highest BCUT2D eigenvalue weighted by Gasteiger charge is 2.30. The third-order valence-corrected chi connectivity index (χ3v) is 4.04. The van der Waals surface area contributed by atoms with Crippen molar-refractivity contribution < 1.29 is 49.4 Å². The molecule has 0 saturated heterocycles. The number of esters is 2. The molecule has 10 heteroatoms. The zero-order valence-corrected chi connectivity index (χ0v) is 16.7. The molecule has 0 heterocycles. The third kappa shape index (κ3) is 6.80. The number of carboxylic acids is 1. The maximum Gasteiger partial charge on any atom is 0.348 e. The van der Waals surface area contributed by atoms with Gasteiger partial charge in [-0.15, -0.1) is 0 Å². The van der Waals surface area contributed by atoms with Crippen LogP contribution in [0.3, 0.4) is 0 Å². The fourth-order valence-electron chi connectivity index (χ4n) is 2.41. The number of phenolic OH excluding ortho intramolecular Hbond substituents is 4. The van der Waals surface area contributed by atoms with Gasteiger partial charge in [0, 0.05) is 12.2 Å². The Morgan fingerprint density at radius 2 is 1.19 bits per heavy atom. The van der Waals surface area contributed by atoms with Crippen molar-refractivity contribution in [2.24, 2.45) is 0 Å². The van der Waals surface area contributed by atoms with Gasteiger partial charge in [0.15, 0.2) is 23.0 Å². The van der Waals surface area contributed by atoms with E-state index < -0.39 is 35.9 Å². The first-order chi connectivity index (χ1) is 15.1. The van der Waals surface area contributed by atoms with E-state index >= 15 is 0 Å². The highest BCUT2D eigenvalue weighted by molar-refractivity contribution is 5.90. The van der Waals surface area contributed by atoms with Crippen LogP contribution in [0.5, 0.6) is 23.0 Å². The molecule has 0 fully saturated rings. The SMILES string of the molecule is C[C@H](OC(=O)/C=C/c1ccc(O)c(O)c1)[C@@H](OC(=O)/C=C/c1ccc(O)c(O)c1)C(=O)O. The van der Waals surface area contributed by atoms with E-state index in [0.29, 0.717) is 11.1 Å². The van der Waals surface area contributed by atoms with Crippen LogP contribution in [0.25, 0.3) is 12.2 Å². The summed E-state index contributed by atoms with van der Waals surface area (Å²) in [6.45, 7) is 1.23. The quantitative estimate of drug-likeness (QED) is 0.231. The molecule has 2 aromatic rings. The molecule has 0 bridgehead atoms. The van der Waals surface area contributed by atoms with Gasteiger partial charge in [-0.2, -0.15) is 0 Å². The highest BCUT2D eigenvalue weighted by atomic mass is 16.6. The van der Waals surface area contributed by atoms with Gasteiger partial charge in [0.2, 0.25) is 6.10 Å². The summed E-state index contributed by atoms with van der Waals surface area (Å²) in [5.74, 6) is -4.97. The van der Waals surface area contributed by atoms with Crippen molar-refractivity contribution in [3.05, 3.63) is 59.7 Å². The van der Waals surface area contributed by atoms with E-state index in [0.717, 1.165) is 12.2 Å². The van der Waals surface area contributed by atoms with Crippen LogP contribution < -0.4 is 0 Å². The van der Waals surface area contributed by atoms with Gasteiger partial charge in [0.05, 0.1) is 0 Å². The zero-order valence-electron chi connectivity index (χ0n) is 16.7. The maximum absolute atomic E-state index is 12.0. The van der Waals surface area contributed by atoms with Crippen LogP contribution in [0.2, 0.25) is 0 Å². The molecule has 0 radical (unpaired) electrons. The van der Waals surface area contributed by atoms with Crippen molar-refractivity contribution in [3.63, 3.8) is 0 Å². The van der Waals surface area contributed by atoms with E-state index in [2.05, 4.69) is 0 Å². The summed E-state index contributed by atoms with van der Waals surface area (Å²) in [7, 11) is 0. The second-order valence-electron chi connectivity index (χ2n) is 6.50. The van der Waals surface area contributed by atoms with E-state index in [-0.39, 0.29) is 17.2 Å². The van der Waals surface area contributed by atoms with Crippen molar-refractivity contribution in [3.8, 4) is 23.0 Å². The number of ether oxygens (including phenoxy) is 2. The fourth-order valence-corrected chi connectivity index (χ4v) is 2.41. The number of hydrogen-bond acceptors (Lipinski definition) is 9. The lowest BCUT2D eigenvalue weighted by molar-refractivity contribution is -0.173. The number of rotatable bonds is 8. The molecule has 2 rings (SSSR count). The first kappa shape index (κ1) is 23.8. The Kier molecular flexibility index (Phi) is 7.83. The lowest BCUT2D eigenvalue weighted by Gasteiger charge is -2.19. The van der Waals surface area contributed by atoms with Gasteiger partial charge in [-0.25, -0.2) is 14.4 Å². The zero-order chi connectivity index (χ0) is 23.8. The normalized spacial score (nSPS) is 13.0. The average Bonchev–Trinajstić information content (AvgIpc) is 2.73. The minimum atomic E-state index is -1.80. The number of phenols is 4. The number of hydrogen-bond donors (Lipinski definition) is 5. The number of carbonyl (C=O) groups excluding carboxylic acids is 2. The number of carboxylic acid groups (broad SMARTS) is 1. The van der Waals surface area contributed by atoms with Crippen LogP contribution in [0.15, 0.2) is 48.6 Å². The Morgan fingerprint density at radius 1 is 0.750 bits per heavy atom. The number of carbonyl (C=O) groups is 3. The number of aliphatic carboxylic acids is 1. The van der Waals surface area contributed by atoms with Gasteiger partial charge in [0.25, 0.3) is 0 Å². The second kappa shape index (κ2) is 10.5. The minimum absolute atomic E-state index is 0.333. The summed E-state index contributed by atoms with van der Waals surface area (Å²) in [6.07, 6.45) is 1.25. The van der Waals surface area contributed by atoms with Crippen LogP contribution >= 0.6 is 0 Å². The van der Waals surface area contributed by atoms with E-state index in [9.17, 15) is 39.9 Å². The Bertz CT molecular complexity index is 1070. The van der Waals surface area contributed by atoms with Crippen molar-refractivity contribution in [1.29, 1.82) is 0 Å². The van der Waals surface area contributed by atoms with E-state index in [1.165, 1.54) is 55.5 Å². The summed E-state index contributed by atoms with van der Waals surface area (Å²) in [5, 5.41) is 46.7. The van der Waals surface area contributed by atoms with Crippen molar-refractivity contribution in [1.82, 2.24) is 0 Å². The van der Waals surface area contributed by atoms with E-state index in [4.69, 9.17) is 9.47 Å². The number of aromatic hydroxyl groups is 4. The Labute approximate surface area is 181 Å². The van der Waals surface area contributed by atoms with Crippen LogP contribution in [-0.4, -0.2) is 55.6 Å². The van der Waals surface area contributed by atoms with Crippen LogP contribution in [0, 0.1) is 0 Å². The number of benzene rings is 2. The van der Waals surface area contributed by atoms with Crippen molar-refractivity contribution in [2.45, 2.75) is 19.1 Å². The van der Waals surface area contributed by atoms with Gasteiger partial charge < -0.3 is 35.0 Å². The average molecular weight is 444 g/mol.